The van der Waals surface area contributed by atoms with Crippen LogP contribution in [-0.4, -0.2) is 47.6 Å². The van der Waals surface area contributed by atoms with Gasteiger partial charge < -0.3 is 10.0 Å². The molecule has 0 aromatic heterocycles. The lowest BCUT2D eigenvalue weighted by molar-refractivity contribution is -0.138. The van der Waals surface area contributed by atoms with E-state index in [1.165, 1.54) is 44.5 Å². The summed E-state index contributed by atoms with van der Waals surface area (Å²) in [6.07, 6.45) is 7.50. The van der Waals surface area contributed by atoms with Gasteiger partial charge in [0.05, 0.1) is 0 Å². The van der Waals surface area contributed by atoms with Crippen molar-refractivity contribution in [1.82, 2.24) is 4.90 Å². The van der Waals surface area contributed by atoms with Gasteiger partial charge in [-0.15, -0.1) is 0 Å². The number of piperidine rings is 1. The average Bonchev–Trinajstić information content (AvgIpc) is 2.34. The van der Waals surface area contributed by atoms with Crippen molar-refractivity contribution in [2.75, 3.05) is 31.6 Å². The molecule has 2 unspecified atom stereocenters. The predicted molar refractivity (Wildman–Crippen MR) is 78.2 cm³/mol. The van der Waals surface area contributed by atoms with Gasteiger partial charge in [0, 0.05) is 13.0 Å². The van der Waals surface area contributed by atoms with Gasteiger partial charge in [0.2, 0.25) is 0 Å². The molecular weight excluding hydrogens is 246 g/mol. The molecule has 1 fully saturated rings. The molecule has 3 nitrogen and oxygen atoms in total. The van der Waals surface area contributed by atoms with Crippen LogP contribution in [0, 0.1) is 11.8 Å². The maximum atomic E-state index is 10.8. The van der Waals surface area contributed by atoms with Crippen molar-refractivity contribution in [1.29, 1.82) is 0 Å². The lowest BCUT2D eigenvalue weighted by Crippen LogP contribution is -2.38. The third-order valence-corrected chi connectivity index (χ3v) is 4.61. The largest absolute Gasteiger partial charge is 0.481 e. The highest BCUT2D eigenvalue weighted by molar-refractivity contribution is 7.98. The zero-order valence-corrected chi connectivity index (χ0v) is 12.5. The van der Waals surface area contributed by atoms with E-state index in [1.54, 1.807) is 0 Å². The molecule has 4 heteroatoms. The van der Waals surface area contributed by atoms with E-state index in [4.69, 9.17) is 5.11 Å². The van der Waals surface area contributed by atoms with Crippen molar-refractivity contribution in [3.8, 4) is 0 Å². The van der Waals surface area contributed by atoms with Crippen LogP contribution in [0.5, 0.6) is 0 Å². The predicted octanol–water partition coefficient (Wildman–Crippen LogP) is 2.95. The molecule has 0 aromatic carbocycles. The van der Waals surface area contributed by atoms with Crippen LogP contribution in [-0.2, 0) is 4.79 Å². The van der Waals surface area contributed by atoms with E-state index in [9.17, 15) is 4.79 Å². The second-order valence-corrected chi connectivity index (χ2v) is 6.46. The summed E-state index contributed by atoms with van der Waals surface area (Å²) >= 11 is 1.92. The van der Waals surface area contributed by atoms with E-state index in [0.29, 0.717) is 18.3 Å². The first-order chi connectivity index (χ1) is 8.63. The number of hydrogen-bond donors (Lipinski definition) is 1. The van der Waals surface area contributed by atoms with Crippen LogP contribution in [0.15, 0.2) is 0 Å². The van der Waals surface area contributed by atoms with Crippen LogP contribution in [0.3, 0.4) is 0 Å². The fourth-order valence-corrected chi connectivity index (χ4v) is 3.28. The van der Waals surface area contributed by atoms with Gasteiger partial charge in [-0.05, 0) is 62.6 Å². The Labute approximate surface area is 115 Å². The minimum atomic E-state index is -0.653. The molecule has 0 aliphatic carbocycles. The molecule has 0 aromatic rings. The van der Waals surface area contributed by atoms with Gasteiger partial charge in [-0.1, -0.05) is 6.92 Å². The maximum Gasteiger partial charge on any atom is 0.303 e. The number of nitrogens with zero attached hydrogens (tertiary/aromatic N) is 1. The van der Waals surface area contributed by atoms with Crippen LogP contribution < -0.4 is 0 Å². The molecule has 0 amide bonds. The van der Waals surface area contributed by atoms with Gasteiger partial charge in [-0.2, -0.15) is 11.8 Å². The molecule has 106 valence electrons. The van der Waals surface area contributed by atoms with E-state index < -0.39 is 5.97 Å². The highest BCUT2D eigenvalue weighted by Crippen LogP contribution is 2.26. The number of unbranched alkanes of at least 4 members (excludes halogenated alkanes) is 1. The molecule has 0 bridgehead atoms. The number of carboxylic acid groups (broad SMARTS) is 1. The molecule has 1 rings (SSSR count). The Hall–Kier alpha value is -0.220. The van der Waals surface area contributed by atoms with E-state index in [0.717, 1.165) is 6.54 Å². The standard InChI is InChI=1S/C14H27NO2S/c1-12(10-14(16)17)13-6-5-8-15(11-13)7-3-4-9-18-2/h12-13H,3-11H2,1-2H3,(H,16,17). The summed E-state index contributed by atoms with van der Waals surface area (Å²) < 4.78 is 0. The van der Waals surface area contributed by atoms with Gasteiger partial charge in [0.15, 0.2) is 0 Å². The number of likely N-dealkylation sites (tertiary alicyclic amines) is 1. The van der Waals surface area contributed by atoms with Crippen LogP contribution in [0.25, 0.3) is 0 Å². The fraction of sp³-hybridized carbons (Fsp3) is 0.929. The SMILES string of the molecule is CSCCCCN1CCCC(C(C)CC(=O)O)C1. The lowest BCUT2D eigenvalue weighted by atomic mass is 9.84. The molecule has 1 aliphatic rings. The van der Waals surface area contributed by atoms with Crippen molar-refractivity contribution >= 4 is 17.7 Å². The molecule has 18 heavy (non-hydrogen) atoms. The number of thioether (sulfide) groups is 1. The Kier molecular flexibility index (Phi) is 7.75. The summed E-state index contributed by atoms with van der Waals surface area (Å²) in [7, 11) is 0. The first-order valence-corrected chi connectivity index (χ1v) is 8.46. The van der Waals surface area contributed by atoms with Crippen LogP contribution in [0.1, 0.15) is 39.0 Å². The number of aliphatic carboxylic acids is 1. The average molecular weight is 273 g/mol. The summed E-state index contributed by atoms with van der Waals surface area (Å²) in [6.45, 7) is 5.59. The van der Waals surface area contributed by atoms with Gasteiger partial charge >= 0.3 is 5.97 Å². The monoisotopic (exact) mass is 273 g/mol. The third-order valence-electron chi connectivity index (χ3n) is 3.92. The summed E-state index contributed by atoms with van der Waals surface area (Å²) in [4.78, 5) is 13.3. The molecule has 1 N–H and O–H groups in total. The van der Waals surface area contributed by atoms with Crippen LogP contribution in [0.2, 0.25) is 0 Å². The molecule has 0 radical (unpaired) electrons. The van der Waals surface area contributed by atoms with Crippen molar-refractivity contribution in [2.45, 2.75) is 39.0 Å². The minimum Gasteiger partial charge on any atom is -0.481 e. The number of hydrogen-bond acceptors (Lipinski definition) is 3. The molecule has 1 aliphatic heterocycles. The minimum absolute atomic E-state index is 0.316. The van der Waals surface area contributed by atoms with Gasteiger partial charge in [0.1, 0.15) is 0 Å². The Morgan fingerprint density at radius 1 is 1.50 bits per heavy atom. The Morgan fingerprint density at radius 2 is 2.28 bits per heavy atom. The van der Waals surface area contributed by atoms with Crippen LogP contribution >= 0.6 is 11.8 Å². The van der Waals surface area contributed by atoms with Crippen molar-refractivity contribution < 1.29 is 9.90 Å². The topological polar surface area (TPSA) is 40.5 Å². The summed E-state index contributed by atoms with van der Waals surface area (Å²) in [5.41, 5.74) is 0. The second kappa shape index (κ2) is 8.81. The molecule has 1 heterocycles. The van der Waals surface area contributed by atoms with E-state index in [-0.39, 0.29) is 0 Å². The normalized spacial score (nSPS) is 22.9. The second-order valence-electron chi connectivity index (χ2n) is 5.48. The van der Waals surface area contributed by atoms with E-state index >= 15 is 0 Å². The smallest absolute Gasteiger partial charge is 0.303 e. The van der Waals surface area contributed by atoms with Crippen LogP contribution in [0.4, 0.5) is 0 Å². The van der Waals surface area contributed by atoms with Crippen molar-refractivity contribution in [3.05, 3.63) is 0 Å². The highest BCUT2D eigenvalue weighted by atomic mass is 32.2. The number of rotatable bonds is 8. The van der Waals surface area contributed by atoms with Crippen molar-refractivity contribution in [3.63, 3.8) is 0 Å². The van der Waals surface area contributed by atoms with E-state index in [2.05, 4.69) is 18.1 Å². The Balaban J connectivity index is 2.25. The quantitative estimate of drug-likeness (QED) is 0.690. The summed E-state index contributed by atoms with van der Waals surface area (Å²) in [5, 5.41) is 8.86. The Bertz CT molecular complexity index is 248. The van der Waals surface area contributed by atoms with Gasteiger partial charge in [0.25, 0.3) is 0 Å². The first-order valence-electron chi connectivity index (χ1n) is 7.06. The summed E-state index contributed by atoms with van der Waals surface area (Å²) in [5.74, 6) is 1.50. The lowest BCUT2D eigenvalue weighted by Gasteiger charge is -2.35. The maximum absolute atomic E-state index is 10.8. The highest BCUT2D eigenvalue weighted by Gasteiger charge is 2.25. The van der Waals surface area contributed by atoms with Gasteiger partial charge in [-0.3, -0.25) is 4.79 Å². The molecule has 0 spiro atoms. The fourth-order valence-electron chi connectivity index (χ4n) is 2.78. The van der Waals surface area contributed by atoms with Crippen molar-refractivity contribution in [2.24, 2.45) is 11.8 Å². The Morgan fingerprint density at radius 3 is 2.94 bits per heavy atom. The zero-order chi connectivity index (χ0) is 13.4. The third kappa shape index (κ3) is 6.10. The molecule has 1 saturated heterocycles. The zero-order valence-electron chi connectivity index (χ0n) is 11.7. The number of carbonyl (C=O) groups is 1. The van der Waals surface area contributed by atoms with E-state index in [1.807, 2.05) is 11.8 Å². The summed E-state index contributed by atoms with van der Waals surface area (Å²) in [6, 6.07) is 0. The molecule has 0 saturated carbocycles. The van der Waals surface area contributed by atoms with Gasteiger partial charge in [-0.25, -0.2) is 0 Å². The molecule has 2 atom stereocenters. The first kappa shape index (κ1) is 15.8. The number of carboxylic acids is 1. The molecular formula is C14H27NO2S.